The third kappa shape index (κ3) is 5.37. The lowest BCUT2D eigenvalue weighted by atomic mass is 9.96. The third-order valence-electron chi connectivity index (χ3n) is 5.74. The monoisotopic (exact) mass is 415 g/mol. The summed E-state index contributed by atoms with van der Waals surface area (Å²) in [6.07, 6.45) is 2.76. The Labute approximate surface area is 177 Å². The van der Waals surface area contributed by atoms with Crippen LogP contribution in [-0.2, 0) is 29.0 Å². The molecule has 1 aromatic carbocycles. The van der Waals surface area contributed by atoms with Crippen LogP contribution in [0.2, 0.25) is 0 Å². The maximum atomic E-state index is 12.5. The van der Waals surface area contributed by atoms with Crippen molar-refractivity contribution in [3.63, 3.8) is 0 Å². The first-order chi connectivity index (χ1) is 14.5. The van der Waals surface area contributed by atoms with Crippen LogP contribution in [0.15, 0.2) is 29.1 Å². The molecule has 1 saturated heterocycles. The molecule has 164 valence electrons. The summed E-state index contributed by atoms with van der Waals surface area (Å²) in [7, 11) is 1.62. The number of anilines is 1. The predicted molar refractivity (Wildman–Crippen MR) is 117 cm³/mol. The molecule has 0 atom stereocenters. The van der Waals surface area contributed by atoms with Gasteiger partial charge in [0.25, 0.3) is 0 Å². The lowest BCUT2D eigenvalue weighted by Gasteiger charge is -2.30. The second-order valence-corrected chi connectivity index (χ2v) is 7.75. The van der Waals surface area contributed by atoms with Crippen molar-refractivity contribution < 1.29 is 9.53 Å². The number of nitrogens with one attached hydrogen (secondary N) is 1. The highest BCUT2D eigenvalue weighted by molar-refractivity contribution is 5.92. The fourth-order valence-electron chi connectivity index (χ4n) is 3.96. The molecule has 0 aliphatic carbocycles. The molecule has 0 saturated carbocycles. The van der Waals surface area contributed by atoms with Gasteiger partial charge in [0.05, 0.1) is 19.7 Å². The Morgan fingerprint density at radius 1 is 1.20 bits per heavy atom. The number of methoxy groups -OCH3 is 1. The number of carbonyl (C=O) groups excluding carboxylic acids is 1. The maximum Gasteiger partial charge on any atom is 0.345 e. The number of benzene rings is 1. The summed E-state index contributed by atoms with van der Waals surface area (Å²) in [5.74, 6) is 1.10. The van der Waals surface area contributed by atoms with E-state index in [9.17, 15) is 9.59 Å². The van der Waals surface area contributed by atoms with Crippen LogP contribution in [0.4, 0.5) is 5.69 Å². The number of aromatic nitrogens is 3. The molecule has 0 spiro atoms. The van der Waals surface area contributed by atoms with Gasteiger partial charge in [-0.15, -0.1) is 0 Å². The standard InChI is InChI=1S/C22H33N5O3/c1-4-17-6-8-19(9-7-17)23-20(28)16-25-12-10-18(11-13-25)21-24-27(14-15-30-3)22(29)26(21)5-2/h6-9,18H,4-5,10-16H2,1-3H3,(H,23,28). The molecule has 1 N–H and O–H groups in total. The Bertz CT molecular complexity index is 879. The summed E-state index contributed by atoms with van der Waals surface area (Å²) in [5, 5.41) is 7.57. The molecule has 8 heteroatoms. The van der Waals surface area contributed by atoms with Gasteiger partial charge in [0.15, 0.2) is 0 Å². The summed E-state index contributed by atoms with van der Waals surface area (Å²) in [5.41, 5.74) is 2.02. The fraction of sp³-hybridized carbons (Fsp3) is 0.591. The average Bonchev–Trinajstić information content (AvgIpc) is 3.08. The van der Waals surface area contributed by atoms with E-state index in [4.69, 9.17) is 4.74 Å². The van der Waals surface area contributed by atoms with Gasteiger partial charge in [0.1, 0.15) is 5.82 Å². The van der Waals surface area contributed by atoms with E-state index < -0.39 is 0 Å². The molecule has 2 heterocycles. The molecule has 1 aliphatic rings. The second kappa shape index (κ2) is 10.5. The smallest absolute Gasteiger partial charge is 0.345 e. The van der Waals surface area contributed by atoms with E-state index in [1.807, 2.05) is 31.2 Å². The summed E-state index contributed by atoms with van der Waals surface area (Å²) >= 11 is 0. The van der Waals surface area contributed by atoms with Gasteiger partial charge in [-0.05, 0) is 57.0 Å². The molecule has 3 rings (SSSR count). The van der Waals surface area contributed by atoms with Crippen molar-refractivity contribution in [2.45, 2.75) is 52.1 Å². The number of aryl methyl sites for hydroxylation is 1. The van der Waals surface area contributed by atoms with Gasteiger partial charge in [-0.25, -0.2) is 9.48 Å². The molecule has 1 fully saturated rings. The van der Waals surface area contributed by atoms with E-state index >= 15 is 0 Å². The van der Waals surface area contributed by atoms with E-state index in [-0.39, 0.29) is 17.5 Å². The molecule has 0 bridgehead atoms. The van der Waals surface area contributed by atoms with Gasteiger partial charge in [0, 0.05) is 25.3 Å². The Morgan fingerprint density at radius 3 is 2.50 bits per heavy atom. The first-order valence-corrected chi connectivity index (χ1v) is 10.8. The zero-order chi connectivity index (χ0) is 21.5. The van der Waals surface area contributed by atoms with E-state index in [2.05, 4.69) is 22.2 Å². The van der Waals surface area contributed by atoms with Crippen LogP contribution >= 0.6 is 0 Å². The number of nitrogens with zero attached hydrogens (tertiary/aromatic N) is 4. The number of likely N-dealkylation sites (tertiary alicyclic amines) is 1. The second-order valence-electron chi connectivity index (χ2n) is 7.75. The minimum Gasteiger partial charge on any atom is -0.383 e. The molecule has 2 aromatic rings. The van der Waals surface area contributed by atoms with Crippen molar-refractivity contribution in [3.8, 4) is 0 Å². The summed E-state index contributed by atoms with van der Waals surface area (Å²) in [6, 6.07) is 7.99. The van der Waals surface area contributed by atoms with Crippen LogP contribution in [0.1, 0.15) is 44.0 Å². The minimum absolute atomic E-state index is 0.00649. The average molecular weight is 416 g/mol. The van der Waals surface area contributed by atoms with Crippen molar-refractivity contribution in [1.82, 2.24) is 19.2 Å². The fourth-order valence-corrected chi connectivity index (χ4v) is 3.96. The van der Waals surface area contributed by atoms with Crippen molar-refractivity contribution in [2.75, 3.05) is 38.7 Å². The van der Waals surface area contributed by atoms with Crippen LogP contribution in [0, 0.1) is 0 Å². The molecule has 8 nitrogen and oxygen atoms in total. The van der Waals surface area contributed by atoms with E-state index in [0.29, 0.717) is 26.2 Å². The molecule has 1 aliphatic heterocycles. The first-order valence-electron chi connectivity index (χ1n) is 10.8. The van der Waals surface area contributed by atoms with E-state index in [1.165, 1.54) is 10.2 Å². The van der Waals surface area contributed by atoms with Crippen LogP contribution in [0.25, 0.3) is 0 Å². The normalized spacial score (nSPS) is 15.4. The van der Waals surface area contributed by atoms with Crippen LogP contribution < -0.4 is 11.0 Å². The predicted octanol–water partition coefficient (Wildman–Crippen LogP) is 2.09. The summed E-state index contributed by atoms with van der Waals surface area (Å²) in [6.45, 7) is 7.64. The molecule has 0 unspecified atom stereocenters. The molecular weight excluding hydrogens is 382 g/mol. The van der Waals surface area contributed by atoms with Gasteiger partial charge in [-0.2, -0.15) is 5.10 Å². The summed E-state index contributed by atoms with van der Waals surface area (Å²) in [4.78, 5) is 27.1. The number of rotatable bonds is 9. The first kappa shape index (κ1) is 22.2. The van der Waals surface area contributed by atoms with E-state index in [0.717, 1.165) is 43.9 Å². The van der Waals surface area contributed by atoms with Gasteiger partial charge >= 0.3 is 5.69 Å². The zero-order valence-corrected chi connectivity index (χ0v) is 18.3. The number of ether oxygens (including phenoxy) is 1. The molecule has 1 aromatic heterocycles. The number of hydrogen-bond acceptors (Lipinski definition) is 5. The van der Waals surface area contributed by atoms with Gasteiger partial charge in [0.2, 0.25) is 5.91 Å². The Hall–Kier alpha value is -2.45. The van der Waals surface area contributed by atoms with Crippen LogP contribution in [0.5, 0.6) is 0 Å². The Kier molecular flexibility index (Phi) is 7.81. The van der Waals surface area contributed by atoms with Crippen LogP contribution in [0.3, 0.4) is 0 Å². The highest BCUT2D eigenvalue weighted by atomic mass is 16.5. The minimum atomic E-state index is -0.0690. The lowest BCUT2D eigenvalue weighted by molar-refractivity contribution is -0.117. The quantitative estimate of drug-likeness (QED) is 0.678. The zero-order valence-electron chi connectivity index (χ0n) is 18.3. The number of piperidine rings is 1. The number of hydrogen-bond donors (Lipinski definition) is 1. The number of amides is 1. The van der Waals surface area contributed by atoms with E-state index in [1.54, 1.807) is 11.7 Å². The molecule has 1 amide bonds. The van der Waals surface area contributed by atoms with Crippen LogP contribution in [-0.4, -0.2) is 58.5 Å². The van der Waals surface area contributed by atoms with Crippen molar-refractivity contribution >= 4 is 11.6 Å². The maximum absolute atomic E-state index is 12.5. The van der Waals surface area contributed by atoms with Crippen molar-refractivity contribution in [3.05, 3.63) is 46.1 Å². The largest absolute Gasteiger partial charge is 0.383 e. The Morgan fingerprint density at radius 2 is 1.90 bits per heavy atom. The molecule has 30 heavy (non-hydrogen) atoms. The van der Waals surface area contributed by atoms with Gasteiger partial charge in [-0.1, -0.05) is 19.1 Å². The van der Waals surface area contributed by atoms with Crippen molar-refractivity contribution in [1.29, 1.82) is 0 Å². The lowest BCUT2D eigenvalue weighted by Crippen LogP contribution is -2.39. The highest BCUT2D eigenvalue weighted by Crippen LogP contribution is 2.26. The third-order valence-corrected chi connectivity index (χ3v) is 5.74. The molecular formula is C22H33N5O3. The highest BCUT2D eigenvalue weighted by Gasteiger charge is 2.27. The summed E-state index contributed by atoms with van der Waals surface area (Å²) < 4.78 is 8.35. The Balaban J connectivity index is 1.54. The number of carbonyl (C=O) groups is 1. The van der Waals surface area contributed by atoms with Crippen molar-refractivity contribution in [2.24, 2.45) is 0 Å². The molecule has 0 radical (unpaired) electrons. The van der Waals surface area contributed by atoms with Gasteiger partial charge in [-0.3, -0.25) is 14.3 Å². The van der Waals surface area contributed by atoms with Gasteiger partial charge < -0.3 is 10.1 Å². The SMILES string of the molecule is CCc1ccc(NC(=O)CN2CCC(c3nn(CCOC)c(=O)n3CC)CC2)cc1. The topological polar surface area (TPSA) is 81.4 Å².